The number of para-hydroxylation sites is 1. The van der Waals surface area contributed by atoms with Crippen LogP contribution in [0.15, 0.2) is 47.6 Å². The molecule has 0 unspecified atom stereocenters. The van der Waals surface area contributed by atoms with E-state index in [0.717, 1.165) is 23.3 Å². The van der Waals surface area contributed by atoms with Crippen molar-refractivity contribution in [3.8, 4) is 5.75 Å². The van der Waals surface area contributed by atoms with Crippen molar-refractivity contribution in [3.05, 3.63) is 53.7 Å². The van der Waals surface area contributed by atoms with E-state index in [1.165, 1.54) is 0 Å². The Labute approximate surface area is 160 Å². The van der Waals surface area contributed by atoms with E-state index in [0.29, 0.717) is 31.3 Å². The summed E-state index contributed by atoms with van der Waals surface area (Å²) in [6, 6.07) is 11.6. The van der Waals surface area contributed by atoms with Crippen molar-refractivity contribution in [2.75, 3.05) is 32.6 Å². The van der Waals surface area contributed by atoms with Gasteiger partial charge in [0.25, 0.3) is 0 Å². The Kier molecular flexibility index (Phi) is 8.09. The van der Waals surface area contributed by atoms with Crippen LogP contribution in [-0.2, 0) is 11.2 Å². The summed E-state index contributed by atoms with van der Waals surface area (Å²) >= 11 is 0. The molecule has 1 amide bonds. The van der Waals surface area contributed by atoms with Gasteiger partial charge in [-0.15, -0.1) is 0 Å². The molecule has 7 nitrogen and oxygen atoms in total. The van der Waals surface area contributed by atoms with Gasteiger partial charge in [0.2, 0.25) is 5.91 Å². The van der Waals surface area contributed by atoms with Crippen LogP contribution in [0.3, 0.4) is 0 Å². The lowest BCUT2D eigenvalue weighted by molar-refractivity contribution is -0.116. The molecule has 0 bridgehead atoms. The number of hydrogen-bond donors (Lipinski definition) is 3. The Morgan fingerprint density at radius 1 is 1.15 bits per heavy atom. The van der Waals surface area contributed by atoms with Gasteiger partial charge in [0.1, 0.15) is 11.6 Å². The van der Waals surface area contributed by atoms with Crippen molar-refractivity contribution < 1.29 is 9.53 Å². The van der Waals surface area contributed by atoms with Crippen LogP contribution in [0.25, 0.3) is 0 Å². The number of nitrogens with zero attached hydrogens (tertiary/aromatic N) is 2. The summed E-state index contributed by atoms with van der Waals surface area (Å²) < 4.78 is 5.35. The Balaban J connectivity index is 1.69. The number of ether oxygens (including phenoxy) is 1. The van der Waals surface area contributed by atoms with E-state index in [1.807, 2.05) is 37.3 Å². The van der Waals surface area contributed by atoms with Gasteiger partial charge in [0.15, 0.2) is 5.96 Å². The predicted octanol–water partition coefficient (Wildman–Crippen LogP) is 2.13. The zero-order valence-electron chi connectivity index (χ0n) is 16.1. The smallest absolute Gasteiger partial charge is 0.227 e. The fraction of sp³-hybridized carbons (Fsp3) is 0.350. The van der Waals surface area contributed by atoms with Crippen molar-refractivity contribution in [2.45, 2.75) is 19.8 Å². The molecule has 1 heterocycles. The van der Waals surface area contributed by atoms with E-state index < -0.39 is 0 Å². The minimum Gasteiger partial charge on any atom is -0.496 e. The maximum Gasteiger partial charge on any atom is 0.227 e. The Bertz CT molecular complexity index is 759. The molecule has 1 aromatic heterocycles. The molecular formula is C20H27N5O2. The molecule has 3 N–H and O–H groups in total. The number of hydrogen-bond acceptors (Lipinski definition) is 4. The van der Waals surface area contributed by atoms with Gasteiger partial charge in [-0.1, -0.05) is 24.3 Å². The van der Waals surface area contributed by atoms with E-state index in [4.69, 9.17) is 4.74 Å². The van der Waals surface area contributed by atoms with Crippen LogP contribution in [0, 0.1) is 6.92 Å². The summed E-state index contributed by atoms with van der Waals surface area (Å²) in [5, 5.41) is 9.15. The van der Waals surface area contributed by atoms with Crippen LogP contribution in [0.4, 0.5) is 5.82 Å². The minimum absolute atomic E-state index is 0.0941. The molecule has 0 fully saturated rings. The highest BCUT2D eigenvalue weighted by atomic mass is 16.5. The summed E-state index contributed by atoms with van der Waals surface area (Å²) in [4.78, 5) is 20.3. The Morgan fingerprint density at radius 3 is 2.63 bits per heavy atom. The van der Waals surface area contributed by atoms with Gasteiger partial charge >= 0.3 is 0 Å². The van der Waals surface area contributed by atoms with Crippen LogP contribution in [0.1, 0.15) is 17.5 Å². The Morgan fingerprint density at radius 2 is 1.93 bits per heavy atom. The zero-order chi connectivity index (χ0) is 19.5. The van der Waals surface area contributed by atoms with Crippen molar-refractivity contribution in [1.82, 2.24) is 15.6 Å². The summed E-state index contributed by atoms with van der Waals surface area (Å²) in [7, 11) is 3.37. The fourth-order valence-electron chi connectivity index (χ4n) is 2.49. The number of anilines is 1. The van der Waals surface area contributed by atoms with E-state index in [-0.39, 0.29) is 5.91 Å². The highest BCUT2D eigenvalue weighted by Crippen LogP contribution is 2.17. The summed E-state index contributed by atoms with van der Waals surface area (Å²) in [5.41, 5.74) is 2.19. The van der Waals surface area contributed by atoms with Crippen LogP contribution in [0.2, 0.25) is 0 Å². The average molecular weight is 369 g/mol. The summed E-state index contributed by atoms with van der Waals surface area (Å²) in [6.45, 7) is 3.14. The molecule has 0 aliphatic heterocycles. The third-order valence-electron chi connectivity index (χ3n) is 3.93. The molecule has 0 aliphatic rings. The molecular weight excluding hydrogens is 342 g/mol. The quantitative estimate of drug-likeness (QED) is 0.490. The maximum absolute atomic E-state index is 12.0. The molecule has 0 spiro atoms. The molecule has 144 valence electrons. The summed E-state index contributed by atoms with van der Waals surface area (Å²) in [5.74, 6) is 2.00. The third kappa shape index (κ3) is 6.97. The van der Waals surface area contributed by atoms with E-state index in [9.17, 15) is 4.79 Å². The SMILES string of the molecule is CN=C(NCCC(=O)Nc1ccc(C)cn1)NCCc1ccccc1OC. The number of carbonyl (C=O) groups is 1. The molecule has 2 aromatic rings. The van der Waals surface area contributed by atoms with Gasteiger partial charge < -0.3 is 20.7 Å². The second kappa shape index (κ2) is 10.8. The highest BCUT2D eigenvalue weighted by molar-refractivity contribution is 5.90. The standard InChI is InChI=1S/C20H27N5O2/c1-15-8-9-18(24-14-15)25-19(26)11-13-23-20(21-2)22-12-10-16-6-4-5-7-17(16)27-3/h4-9,14H,10-13H2,1-3H3,(H2,21,22,23)(H,24,25,26). The van der Waals surface area contributed by atoms with Crippen LogP contribution in [-0.4, -0.2) is 44.1 Å². The third-order valence-corrected chi connectivity index (χ3v) is 3.93. The van der Waals surface area contributed by atoms with E-state index in [1.54, 1.807) is 26.4 Å². The topological polar surface area (TPSA) is 87.6 Å². The predicted molar refractivity (Wildman–Crippen MR) is 108 cm³/mol. The number of aliphatic imine (C=N–C) groups is 1. The molecule has 2 rings (SSSR count). The first kappa shape index (κ1) is 20.2. The maximum atomic E-state index is 12.0. The number of benzene rings is 1. The van der Waals surface area contributed by atoms with Crippen molar-refractivity contribution in [1.29, 1.82) is 0 Å². The number of carbonyl (C=O) groups excluding carboxylic acids is 1. The van der Waals surface area contributed by atoms with E-state index >= 15 is 0 Å². The number of rotatable bonds is 8. The van der Waals surface area contributed by atoms with Gasteiger partial charge in [0.05, 0.1) is 7.11 Å². The number of amides is 1. The lowest BCUT2D eigenvalue weighted by atomic mass is 10.1. The second-order valence-electron chi connectivity index (χ2n) is 6.01. The minimum atomic E-state index is -0.0941. The van der Waals surface area contributed by atoms with Crippen LogP contribution < -0.4 is 20.7 Å². The summed E-state index contributed by atoms with van der Waals surface area (Å²) in [6.07, 6.45) is 2.86. The van der Waals surface area contributed by atoms with Crippen LogP contribution in [0.5, 0.6) is 5.75 Å². The lowest BCUT2D eigenvalue weighted by Gasteiger charge is -2.13. The molecule has 0 saturated carbocycles. The number of guanidine groups is 1. The molecule has 7 heteroatoms. The van der Waals surface area contributed by atoms with Gasteiger partial charge in [-0.25, -0.2) is 4.98 Å². The van der Waals surface area contributed by atoms with Crippen LogP contribution >= 0.6 is 0 Å². The van der Waals surface area contributed by atoms with Gasteiger partial charge in [-0.2, -0.15) is 0 Å². The van der Waals surface area contributed by atoms with Gasteiger partial charge in [-0.3, -0.25) is 9.79 Å². The molecule has 27 heavy (non-hydrogen) atoms. The van der Waals surface area contributed by atoms with E-state index in [2.05, 4.69) is 25.9 Å². The molecule has 1 aromatic carbocycles. The number of aromatic nitrogens is 1. The van der Waals surface area contributed by atoms with Crippen molar-refractivity contribution in [3.63, 3.8) is 0 Å². The van der Waals surface area contributed by atoms with Gasteiger partial charge in [0, 0.05) is 32.8 Å². The lowest BCUT2D eigenvalue weighted by Crippen LogP contribution is -2.39. The van der Waals surface area contributed by atoms with Crippen molar-refractivity contribution in [2.24, 2.45) is 4.99 Å². The normalized spacial score (nSPS) is 11.0. The average Bonchev–Trinajstić information content (AvgIpc) is 2.69. The fourth-order valence-corrected chi connectivity index (χ4v) is 2.49. The molecule has 0 saturated heterocycles. The monoisotopic (exact) mass is 369 g/mol. The first-order valence-electron chi connectivity index (χ1n) is 8.91. The zero-order valence-corrected chi connectivity index (χ0v) is 16.1. The second-order valence-corrected chi connectivity index (χ2v) is 6.01. The van der Waals surface area contributed by atoms with Crippen molar-refractivity contribution >= 4 is 17.7 Å². The first-order chi connectivity index (χ1) is 13.1. The van der Waals surface area contributed by atoms with Gasteiger partial charge in [-0.05, 0) is 36.6 Å². The highest BCUT2D eigenvalue weighted by Gasteiger charge is 2.05. The molecule has 0 radical (unpaired) electrons. The molecule has 0 aliphatic carbocycles. The largest absolute Gasteiger partial charge is 0.496 e. The Hall–Kier alpha value is -3.09. The number of pyridine rings is 1. The first-order valence-corrected chi connectivity index (χ1v) is 8.91. The number of aryl methyl sites for hydroxylation is 1. The number of methoxy groups -OCH3 is 1. The molecule has 0 atom stereocenters. The number of nitrogens with one attached hydrogen (secondary N) is 3.